The second-order valence-electron chi connectivity index (χ2n) is 4.34. The molecule has 14 heavy (non-hydrogen) atoms. The number of nitrogens with zero attached hydrogens (tertiary/aromatic N) is 2. The third kappa shape index (κ3) is 1.82. The van der Waals surface area contributed by atoms with Crippen LogP contribution in [0, 0.1) is 0 Å². The number of hydrogen-bond donors (Lipinski definition) is 1. The fourth-order valence-electron chi connectivity index (χ4n) is 2.43. The summed E-state index contributed by atoms with van der Waals surface area (Å²) < 4.78 is 2.11. The molecule has 0 aromatic carbocycles. The first kappa shape index (κ1) is 9.71. The quantitative estimate of drug-likeness (QED) is 0.691. The molecular formula is C11H19N3. The highest BCUT2D eigenvalue weighted by atomic mass is 15.0. The van der Waals surface area contributed by atoms with Gasteiger partial charge in [0.05, 0.1) is 6.33 Å². The lowest BCUT2D eigenvalue weighted by molar-refractivity contribution is 0.483. The summed E-state index contributed by atoms with van der Waals surface area (Å²) in [7, 11) is 2.06. The molecule has 78 valence electrons. The van der Waals surface area contributed by atoms with Crippen LogP contribution in [-0.2, 0) is 7.05 Å². The highest BCUT2D eigenvalue weighted by molar-refractivity contribution is 5.09. The Bertz CT molecular complexity index is 292. The Morgan fingerprint density at radius 2 is 2.14 bits per heavy atom. The molecule has 1 aliphatic rings. The van der Waals surface area contributed by atoms with E-state index in [1.54, 1.807) is 0 Å². The van der Waals surface area contributed by atoms with Gasteiger partial charge in [0, 0.05) is 30.9 Å². The summed E-state index contributed by atoms with van der Waals surface area (Å²) >= 11 is 0. The third-order valence-corrected chi connectivity index (χ3v) is 3.30. The van der Waals surface area contributed by atoms with Gasteiger partial charge in [-0.25, -0.2) is 4.98 Å². The lowest BCUT2D eigenvalue weighted by atomic mass is 9.92. The van der Waals surface area contributed by atoms with E-state index < -0.39 is 0 Å². The second kappa shape index (κ2) is 4.13. The van der Waals surface area contributed by atoms with E-state index >= 15 is 0 Å². The van der Waals surface area contributed by atoms with Crippen molar-refractivity contribution in [3.63, 3.8) is 0 Å². The van der Waals surface area contributed by atoms with Crippen molar-refractivity contribution in [3.8, 4) is 0 Å². The highest BCUT2D eigenvalue weighted by Gasteiger charge is 2.23. The largest absolute Gasteiger partial charge is 0.337 e. The molecule has 1 aromatic heterocycles. The summed E-state index contributed by atoms with van der Waals surface area (Å²) in [6.07, 6.45) is 10.2. The minimum Gasteiger partial charge on any atom is -0.337 e. The zero-order valence-electron chi connectivity index (χ0n) is 8.82. The van der Waals surface area contributed by atoms with Gasteiger partial charge in [-0.15, -0.1) is 0 Å². The van der Waals surface area contributed by atoms with Gasteiger partial charge >= 0.3 is 0 Å². The normalized spacial score (nSPS) is 28.7. The number of imidazole rings is 1. The fourth-order valence-corrected chi connectivity index (χ4v) is 2.43. The third-order valence-electron chi connectivity index (χ3n) is 3.30. The van der Waals surface area contributed by atoms with Gasteiger partial charge < -0.3 is 10.3 Å². The second-order valence-corrected chi connectivity index (χ2v) is 4.34. The molecular weight excluding hydrogens is 174 g/mol. The lowest BCUT2D eigenvalue weighted by Gasteiger charge is -2.21. The van der Waals surface area contributed by atoms with Crippen LogP contribution in [0.25, 0.3) is 0 Å². The maximum Gasteiger partial charge on any atom is 0.0945 e. The monoisotopic (exact) mass is 193 g/mol. The maximum atomic E-state index is 6.20. The molecule has 1 fully saturated rings. The van der Waals surface area contributed by atoms with E-state index in [0.29, 0.717) is 12.0 Å². The zero-order chi connectivity index (χ0) is 9.97. The molecule has 0 aliphatic heterocycles. The van der Waals surface area contributed by atoms with Gasteiger partial charge in [0.25, 0.3) is 0 Å². The summed E-state index contributed by atoms with van der Waals surface area (Å²) in [6.45, 7) is 0. The molecule has 3 heteroatoms. The molecule has 0 radical (unpaired) electrons. The minimum atomic E-state index is 0.327. The van der Waals surface area contributed by atoms with Gasteiger partial charge in [-0.1, -0.05) is 19.3 Å². The predicted octanol–water partition coefficient (Wildman–Crippen LogP) is 1.80. The average Bonchev–Trinajstić information content (AvgIpc) is 2.46. The minimum absolute atomic E-state index is 0.327. The molecule has 0 bridgehead atoms. The Balaban J connectivity index is 2.19. The van der Waals surface area contributed by atoms with Crippen molar-refractivity contribution in [3.05, 3.63) is 18.2 Å². The molecule has 3 nitrogen and oxygen atoms in total. The van der Waals surface area contributed by atoms with Crippen LogP contribution in [0.1, 0.15) is 43.7 Å². The molecule has 2 N–H and O–H groups in total. The van der Waals surface area contributed by atoms with Gasteiger partial charge in [-0.05, 0) is 12.8 Å². The molecule has 1 aliphatic carbocycles. The molecule has 2 unspecified atom stereocenters. The molecule has 2 atom stereocenters. The summed E-state index contributed by atoms with van der Waals surface area (Å²) in [5, 5.41) is 0. The Labute approximate surface area is 85.3 Å². The Morgan fingerprint density at radius 1 is 1.36 bits per heavy atom. The van der Waals surface area contributed by atoms with E-state index in [2.05, 4.69) is 16.6 Å². The van der Waals surface area contributed by atoms with Crippen LogP contribution in [-0.4, -0.2) is 15.6 Å². The van der Waals surface area contributed by atoms with Crippen LogP contribution < -0.4 is 5.73 Å². The van der Waals surface area contributed by atoms with Gasteiger partial charge in [0.1, 0.15) is 0 Å². The molecule has 2 rings (SSSR count). The lowest BCUT2D eigenvalue weighted by Crippen LogP contribution is -2.28. The van der Waals surface area contributed by atoms with Crippen LogP contribution in [0.4, 0.5) is 0 Å². The SMILES string of the molecule is Cn1cncc1C1CCCCCC1N. The standard InChI is InChI=1S/C11H19N3/c1-14-8-13-7-11(14)9-5-3-2-4-6-10(9)12/h7-10H,2-6,12H2,1H3. The van der Waals surface area contributed by atoms with E-state index in [1.807, 2.05) is 12.5 Å². The molecule has 0 saturated heterocycles. The van der Waals surface area contributed by atoms with Gasteiger partial charge in [0.2, 0.25) is 0 Å². The zero-order valence-corrected chi connectivity index (χ0v) is 8.82. The van der Waals surface area contributed by atoms with E-state index in [0.717, 1.165) is 6.42 Å². The van der Waals surface area contributed by atoms with Gasteiger partial charge in [-0.3, -0.25) is 0 Å². The molecule has 0 amide bonds. The van der Waals surface area contributed by atoms with E-state index in [9.17, 15) is 0 Å². The van der Waals surface area contributed by atoms with Crippen molar-refractivity contribution < 1.29 is 0 Å². The van der Waals surface area contributed by atoms with Crippen molar-refractivity contribution in [2.45, 2.75) is 44.1 Å². The number of aryl methyl sites for hydroxylation is 1. The van der Waals surface area contributed by atoms with Crippen LogP contribution in [0.15, 0.2) is 12.5 Å². The summed E-state index contributed by atoms with van der Waals surface area (Å²) in [4.78, 5) is 4.17. The van der Waals surface area contributed by atoms with Crippen LogP contribution in [0.3, 0.4) is 0 Å². The fraction of sp³-hybridized carbons (Fsp3) is 0.727. The Hall–Kier alpha value is -0.830. The summed E-state index contributed by atoms with van der Waals surface area (Å²) in [6, 6.07) is 0.327. The van der Waals surface area contributed by atoms with Gasteiger partial charge in [-0.2, -0.15) is 0 Å². The number of hydrogen-bond acceptors (Lipinski definition) is 2. The Morgan fingerprint density at radius 3 is 2.86 bits per heavy atom. The first-order valence-electron chi connectivity index (χ1n) is 5.51. The summed E-state index contributed by atoms with van der Waals surface area (Å²) in [5.74, 6) is 0.519. The van der Waals surface area contributed by atoms with Crippen LogP contribution in [0.5, 0.6) is 0 Å². The first-order valence-corrected chi connectivity index (χ1v) is 5.51. The molecule has 1 aromatic rings. The maximum absolute atomic E-state index is 6.20. The van der Waals surface area contributed by atoms with E-state index in [4.69, 9.17) is 5.73 Å². The molecule has 1 heterocycles. The van der Waals surface area contributed by atoms with Crippen molar-refractivity contribution >= 4 is 0 Å². The number of aromatic nitrogens is 2. The highest BCUT2D eigenvalue weighted by Crippen LogP contribution is 2.30. The van der Waals surface area contributed by atoms with Crippen LogP contribution >= 0.6 is 0 Å². The van der Waals surface area contributed by atoms with E-state index in [1.165, 1.54) is 31.4 Å². The van der Waals surface area contributed by atoms with Gasteiger partial charge in [0.15, 0.2) is 0 Å². The van der Waals surface area contributed by atoms with Crippen molar-refractivity contribution in [1.82, 2.24) is 9.55 Å². The predicted molar refractivity (Wildman–Crippen MR) is 57.0 cm³/mol. The van der Waals surface area contributed by atoms with Crippen LogP contribution in [0.2, 0.25) is 0 Å². The average molecular weight is 193 g/mol. The van der Waals surface area contributed by atoms with Crippen molar-refractivity contribution in [2.75, 3.05) is 0 Å². The first-order chi connectivity index (χ1) is 6.79. The van der Waals surface area contributed by atoms with E-state index in [-0.39, 0.29) is 0 Å². The topological polar surface area (TPSA) is 43.8 Å². The number of rotatable bonds is 1. The van der Waals surface area contributed by atoms with Crippen molar-refractivity contribution in [1.29, 1.82) is 0 Å². The van der Waals surface area contributed by atoms with Crippen molar-refractivity contribution in [2.24, 2.45) is 12.8 Å². The molecule has 1 saturated carbocycles. The smallest absolute Gasteiger partial charge is 0.0945 e. The Kier molecular flexibility index (Phi) is 2.87. The number of nitrogens with two attached hydrogens (primary N) is 1. The molecule has 0 spiro atoms. The summed E-state index contributed by atoms with van der Waals surface area (Å²) in [5.41, 5.74) is 7.50.